The van der Waals surface area contributed by atoms with Gasteiger partial charge >= 0.3 is 0 Å². The normalized spacial score (nSPS) is 14.2. The first kappa shape index (κ1) is 15.6. The summed E-state index contributed by atoms with van der Waals surface area (Å²) in [6, 6.07) is 16.6. The van der Waals surface area contributed by atoms with E-state index in [1.165, 1.54) is 19.2 Å². The summed E-state index contributed by atoms with van der Waals surface area (Å²) >= 11 is 7.06. The van der Waals surface area contributed by atoms with Gasteiger partial charge in [0.1, 0.15) is 0 Å². The molecule has 1 aliphatic carbocycles. The molecule has 0 saturated heterocycles. The van der Waals surface area contributed by atoms with E-state index in [4.69, 9.17) is 9.97 Å². The van der Waals surface area contributed by atoms with E-state index in [0.29, 0.717) is 0 Å². The van der Waals surface area contributed by atoms with Crippen LogP contribution in [0, 0.1) is 0 Å². The van der Waals surface area contributed by atoms with Crippen LogP contribution in [0.25, 0.3) is 20.4 Å². The van der Waals surface area contributed by atoms with Gasteiger partial charge in [-0.05, 0) is 41.7 Å². The van der Waals surface area contributed by atoms with Gasteiger partial charge in [-0.2, -0.15) is 0 Å². The smallest absolute Gasteiger partial charge is 0.155 e. The minimum absolute atomic E-state index is 0.980. The fourth-order valence-corrected chi connectivity index (χ4v) is 7.01. The topological polar surface area (TPSA) is 25.8 Å². The molecule has 6 heteroatoms. The van der Waals surface area contributed by atoms with Crippen molar-refractivity contribution < 1.29 is 0 Å². The SMILES string of the molecule is C1=C(Sc2nc3ccccc3s2)C=C(Sc2nc3ccccc3s2)C1. The Balaban J connectivity index is 1.32. The molecule has 0 unspecified atom stereocenters. The van der Waals surface area contributed by atoms with Gasteiger partial charge in [-0.1, -0.05) is 53.9 Å². The molecule has 2 heterocycles. The third kappa shape index (κ3) is 3.27. The van der Waals surface area contributed by atoms with Crippen molar-refractivity contribution >= 4 is 66.6 Å². The Morgan fingerprint density at radius 2 is 1.36 bits per heavy atom. The number of thiazole rings is 2. The third-order valence-corrected chi connectivity index (χ3v) is 8.04. The average Bonchev–Trinajstić information content (AvgIpc) is 3.32. The zero-order chi connectivity index (χ0) is 16.6. The number of benzene rings is 2. The molecule has 0 amide bonds. The molecule has 5 rings (SSSR count). The second kappa shape index (κ2) is 6.61. The lowest BCUT2D eigenvalue weighted by Gasteiger charge is -1.96. The number of allylic oxidation sites excluding steroid dienone is 3. The fourth-order valence-electron chi connectivity index (χ4n) is 2.62. The summed E-state index contributed by atoms with van der Waals surface area (Å²) < 4.78 is 4.72. The van der Waals surface area contributed by atoms with Crippen LogP contribution in [-0.4, -0.2) is 9.97 Å². The highest BCUT2D eigenvalue weighted by Gasteiger charge is 2.14. The van der Waals surface area contributed by atoms with Crippen molar-refractivity contribution in [2.75, 3.05) is 0 Å². The zero-order valence-corrected chi connectivity index (χ0v) is 16.3. The summed E-state index contributed by atoms with van der Waals surface area (Å²) in [6.07, 6.45) is 5.54. The lowest BCUT2D eigenvalue weighted by atomic mass is 10.3. The maximum absolute atomic E-state index is 4.71. The number of aromatic nitrogens is 2. The molecule has 0 saturated carbocycles. The van der Waals surface area contributed by atoms with E-state index >= 15 is 0 Å². The highest BCUT2D eigenvalue weighted by atomic mass is 32.2. The molecule has 0 aliphatic heterocycles. The molecule has 0 spiro atoms. The van der Waals surface area contributed by atoms with Crippen molar-refractivity contribution in [1.29, 1.82) is 0 Å². The molecule has 0 radical (unpaired) electrons. The van der Waals surface area contributed by atoms with E-state index in [2.05, 4.69) is 48.6 Å². The van der Waals surface area contributed by atoms with Crippen LogP contribution in [0.15, 0.2) is 79.2 Å². The van der Waals surface area contributed by atoms with E-state index in [9.17, 15) is 0 Å². The lowest BCUT2D eigenvalue weighted by molar-refractivity contribution is 1.30. The average molecular weight is 397 g/mol. The summed E-state index contributed by atoms with van der Waals surface area (Å²) in [4.78, 5) is 12.1. The molecular formula is C19H12N2S4. The lowest BCUT2D eigenvalue weighted by Crippen LogP contribution is -1.71. The van der Waals surface area contributed by atoms with Crippen LogP contribution in [0.4, 0.5) is 0 Å². The molecule has 2 nitrogen and oxygen atoms in total. The molecule has 0 N–H and O–H groups in total. The van der Waals surface area contributed by atoms with Crippen LogP contribution < -0.4 is 0 Å². The van der Waals surface area contributed by atoms with Gasteiger partial charge in [0.05, 0.1) is 20.4 Å². The highest BCUT2D eigenvalue weighted by molar-refractivity contribution is 8.06. The molecule has 122 valence electrons. The Kier molecular flexibility index (Phi) is 4.13. The quantitative estimate of drug-likeness (QED) is 0.372. The number of hydrogen-bond donors (Lipinski definition) is 0. The van der Waals surface area contributed by atoms with Crippen LogP contribution in [-0.2, 0) is 0 Å². The summed E-state index contributed by atoms with van der Waals surface area (Å²) in [7, 11) is 0. The first-order chi connectivity index (χ1) is 12.3. The van der Waals surface area contributed by atoms with Crippen molar-refractivity contribution in [1.82, 2.24) is 9.97 Å². The number of para-hydroxylation sites is 2. The summed E-state index contributed by atoms with van der Waals surface area (Å²) in [6.45, 7) is 0. The van der Waals surface area contributed by atoms with Gasteiger partial charge in [0, 0.05) is 4.91 Å². The summed E-state index contributed by atoms with van der Waals surface area (Å²) in [5.41, 5.74) is 2.17. The largest absolute Gasteiger partial charge is 0.229 e. The monoisotopic (exact) mass is 396 g/mol. The van der Waals surface area contributed by atoms with Gasteiger partial charge in [-0.3, -0.25) is 0 Å². The number of hydrogen-bond acceptors (Lipinski definition) is 6. The maximum Gasteiger partial charge on any atom is 0.155 e. The predicted molar refractivity (Wildman–Crippen MR) is 112 cm³/mol. The number of thioether (sulfide) groups is 2. The minimum Gasteiger partial charge on any atom is -0.229 e. The van der Waals surface area contributed by atoms with Crippen LogP contribution >= 0.6 is 46.2 Å². The Hall–Kier alpha value is -1.60. The molecule has 25 heavy (non-hydrogen) atoms. The number of nitrogens with zero attached hydrogens (tertiary/aromatic N) is 2. The highest BCUT2D eigenvalue weighted by Crippen LogP contribution is 2.42. The van der Waals surface area contributed by atoms with Gasteiger partial charge in [0.15, 0.2) is 8.68 Å². The second-order valence-corrected chi connectivity index (χ2v) is 10.3. The molecular weight excluding hydrogens is 384 g/mol. The van der Waals surface area contributed by atoms with Crippen molar-refractivity contribution in [2.24, 2.45) is 0 Å². The molecule has 0 bridgehead atoms. The molecule has 0 atom stereocenters. The second-order valence-electron chi connectivity index (χ2n) is 5.52. The van der Waals surface area contributed by atoms with E-state index in [-0.39, 0.29) is 0 Å². The fraction of sp³-hybridized carbons (Fsp3) is 0.0526. The first-order valence-corrected chi connectivity index (χ1v) is 11.1. The van der Waals surface area contributed by atoms with Gasteiger partial charge < -0.3 is 0 Å². The number of fused-ring (bicyclic) bond motifs is 2. The number of rotatable bonds is 4. The first-order valence-electron chi connectivity index (χ1n) is 7.81. The van der Waals surface area contributed by atoms with Crippen molar-refractivity contribution in [3.05, 3.63) is 70.5 Å². The molecule has 2 aromatic carbocycles. The minimum atomic E-state index is 0.980. The van der Waals surface area contributed by atoms with Crippen LogP contribution in [0.5, 0.6) is 0 Å². The van der Waals surface area contributed by atoms with Crippen molar-refractivity contribution in [3.63, 3.8) is 0 Å². The Labute approximate surface area is 161 Å². The van der Waals surface area contributed by atoms with Gasteiger partial charge in [-0.15, -0.1) is 22.7 Å². The van der Waals surface area contributed by atoms with Crippen molar-refractivity contribution in [3.8, 4) is 0 Å². The van der Waals surface area contributed by atoms with Gasteiger partial charge in [-0.25, -0.2) is 9.97 Å². The summed E-state index contributed by atoms with van der Waals surface area (Å²) in [5, 5.41) is 0. The third-order valence-electron chi connectivity index (χ3n) is 3.78. The standard InChI is InChI=1S/C19H12N2S4/c1-3-7-16-14(5-1)20-18(24-16)22-12-9-10-13(11-12)23-19-21-15-6-2-4-8-17(15)25-19/h1-9,11H,10H2. The van der Waals surface area contributed by atoms with E-state index in [0.717, 1.165) is 26.1 Å². The van der Waals surface area contributed by atoms with Gasteiger partial charge in [0.2, 0.25) is 0 Å². The molecule has 1 aliphatic rings. The van der Waals surface area contributed by atoms with Gasteiger partial charge in [0.25, 0.3) is 0 Å². The summed E-state index contributed by atoms with van der Waals surface area (Å²) in [5.74, 6) is 0. The van der Waals surface area contributed by atoms with Crippen LogP contribution in [0.2, 0.25) is 0 Å². The Morgan fingerprint density at radius 1 is 0.760 bits per heavy atom. The predicted octanol–water partition coefficient (Wildman–Crippen LogP) is 6.96. The molecule has 4 aromatic rings. The zero-order valence-electron chi connectivity index (χ0n) is 13.0. The van der Waals surface area contributed by atoms with Crippen LogP contribution in [0.3, 0.4) is 0 Å². The molecule has 2 aromatic heterocycles. The Morgan fingerprint density at radius 3 is 2.00 bits per heavy atom. The van der Waals surface area contributed by atoms with E-state index < -0.39 is 0 Å². The van der Waals surface area contributed by atoms with Crippen LogP contribution in [0.1, 0.15) is 6.42 Å². The molecule has 0 fully saturated rings. The van der Waals surface area contributed by atoms with E-state index in [1.807, 2.05) is 12.1 Å². The van der Waals surface area contributed by atoms with E-state index in [1.54, 1.807) is 46.2 Å². The van der Waals surface area contributed by atoms with Crippen molar-refractivity contribution in [2.45, 2.75) is 15.1 Å². The Bertz CT molecular complexity index is 1070. The maximum atomic E-state index is 4.71.